The average Bonchev–Trinajstić information content (AvgIpc) is 3.04. The molecule has 25 heavy (non-hydrogen) atoms. The van der Waals surface area contributed by atoms with Gasteiger partial charge in [0.25, 0.3) is 0 Å². The summed E-state index contributed by atoms with van der Waals surface area (Å²) in [6.45, 7) is 0.596. The average molecular weight is 400 g/mol. The Morgan fingerprint density at radius 3 is 2.44 bits per heavy atom. The lowest BCUT2D eigenvalue weighted by molar-refractivity contribution is -0.115. The number of rotatable bonds is 6. The molecule has 0 saturated heterocycles. The summed E-state index contributed by atoms with van der Waals surface area (Å²) in [6, 6.07) is 17.3. The quantitative estimate of drug-likeness (QED) is 0.683. The Morgan fingerprint density at radius 1 is 1.08 bits per heavy atom. The van der Waals surface area contributed by atoms with Crippen molar-refractivity contribution in [2.75, 3.05) is 12.4 Å². The summed E-state index contributed by atoms with van der Waals surface area (Å²) in [5.74, 6) is 1.38. The van der Waals surface area contributed by atoms with Gasteiger partial charge < -0.3 is 10.1 Å². The lowest BCUT2D eigenvalue weighted by Crippen LogP contribution is -2.18. The van der Waals surface area contributed by atoms with Gasteiger partial charge in [0.15, 0.2) is 0 Å². The Bertz CT molecular complexity index is 842. The molecule has 3 aromatic rings. The van der Waals surface area contributed by atoms with Crippen molar-refractivity contribution in [1.82, 2.24) is 9.78 Å². The topological polar surface area (TPSA) is 56.1 Å². The molecule has 0 atom stereocenters. The van der Waals surface area contributed by atoms with Crippen LogP contribution in [-0.2, 0) is 17.8 Å². The van der Waals surface area contributed by atoms with Gasteiger partial charge in [-0.2, -0.15) is 5.10 Å². The fraction of sp³-hybridized carbons (Fsp3) is 0.158. The van der Waals surface area contributed by atoms with Crippen LogP contribution in [0, 0.1) is 0 Å². The highest BCUT2D eigenvalue weighted by molar-refractivity contribution is 9.10. The van der Waals surface area contributed by atoms with E-state index in [-0.39, 0.29) is 5.91 Å². The second-order valence-electron chi connectivity index (χ2n) is 5.57. The summed E-state index contributed by atoms with van der Waals surface area (Å²) in [6.07, 6.45) is 1.98. The minimum absolute atomic E-state index is 0.0808. The van der Waals surface area contributed by atoms with Crippen molar-refractivity contribution in [3.05, 3.63) is 76.4 Å². The fourth-order valence-corrected chi connectivity index (χ4v) is 2.71. The van der Waals surface area contributed by atoms with E-state index in [1.807, 2.05) is 48.5 Å². The number of methoxy groups -OCH3 is 1. The molecule has 0 bridgehead atoms. The van der Waals surface area contributed by atoms with Crippen LogP contribution in [0.5, 0.6) is 5.75 Å². The number of carbonyl (C=O) groups excluding carboxylic acids is 1. The van der Waals surface area contributed by atoms with Crippen molar-refractivity contribution in [3.8, 4) is 5.75 Å². The smallest absolute Gasteiger partial charge is 0.229 e. The van der Waals surface area contributed by atoms with Gasteiger partial charge in [-0.25, -0.2) is 4.68 Å². The zero-order valence-electron chi connectivity index (χ0n) is 13.8. The van der Waals surface area contributed by atoms with Gasteiger partial charge in [0.2, 0.25) is 5.91 Å². The normalized spacial score (nSPS) is 10.5. The minimum Gasteiger partial charge on any atom is -0.497 e. The maximum absolute atomic E-state index is 12.3. The van der Waals surface area contributed by atoms with Gasteiger partial charge in [0.05, 0.1) is 26.3 Å². The summed E-state index contributed by atoms with van der Waals surface area (Å²) >= 11 is 3.42. The van der Waals surface area contributed by atoms with Crippen LogP contribution in [0.15, 0.2) is 65.3 Å². The second kappa shape index (κ2) is 7.98. The Kier molecular flexibility index (Phi) is 5.50. The van der Waals surface area contributed by atoms with Crippen molar-refractivity contribution in [2.45, 2.75) is 13.0 Å². The monoisotopic (exact) mass is 399 g/mol. The molecule has 0 aliphatic rings. The summed E-state index contributed by atoms with van der Waals surface area (Å²) in [5.41, 5.74) is 2.04. The highest BCUT2D eigenvalue weighted by atomic mass is 79.9. The third kappa shape index (κ3) is 4.70. The van der Waals surface area contributed by atoms with Crippen molar-refractivity contribution >= 4 is 27.7 Å². The Morgan fingerprint density at radius 2 is 1.76 bits per heavy atom. The maximum atomic E-state index is 12.3. The van der Waals surface area contributed by atoms with Crippen LogP contribution in [0.2, 0.25) is 0 Å². The molecule has 1 N–H and O–H groups in total. The zero-order valence-corrected chi connectivity index (χ0v) is 15.4. The van der Waals surface area contributed by atoms with Gasteiger partial charge in [0, 0.05) is 10.5 Å². The minimum atomic E-state index is -0.0808. The number of hydrogen-bond donors (Lipinski definition) is 1. The number of nitrogens with zero attached hydrogens (tertiary/aromatic N) is 2. The van der Waals surface area contributed by atoms with Gasteiger partial charge in [-0.3, -0.25) is 4.79 Å². The highest BCUT2D eigenvalue weighted by Gasteiger charge is 2.09. The van der Waals surface area contributed by atoms with Gasteiger partial charge in [-0.1, -0.05) is 40.2 Å². The Balaban J connectivity index is 1.63. The molecule has 3 rings (SSSR count). The van der Waals surface area contributed by atoms with Gasteiger partial charge in [-0.05, 0) is 35.4 Å². The molecule has 0 radical (unpaired) electrons. The largest absolute Gasteiger partial charge is 0.497 e. The predicted molar refractivity (Wildman–Crippen MR) is 101 cm³/mol. The van der Waals surface area contributed by atoms with Crippen molar-refractivity contribution in [2.24, 2.45) is 0 Å². The maximum Gasteiger partial charge on any atom is 0.229 e. The lowest BCUT2D eigenvalue weighted by Gasteiger charge is -2.10. The molecule has 0 unspecified atom stereocenters. The third-order valence-corrected chi connectivity index (χ3v) is 4.28. The molecule has 1 heterocycles. The summed E-state index contributed by atoms with van der Waals surface area (Å²) in [5, 5.41) is 7.21. The summed E-state index contributed by atoms with van der Waals surface area (Å²) < 4.78 is 7.93. The number of nitrogens with one attached hydrogen (secondary N) is 1. The fourth-order valence-electron chi connectivity index (χ4n) is 2.44. The highest BCUT2D eigenvalue weighted by Crippen LogP contribution is 2.15. The molecule has 0 aliphatic heterocycles. The Hall–Kier alpha value is -2.60. The SMILES string of the molecule is COc1ccc(CC(=O)Nc2ccnn2Cc2ccc(Br)cc2)cc1. The van der Waals surface area contributed by atoms with Crippen LogP contribution in [0.25, 0.3) is 0 Å². The number of aromatic nitrogens is 2. The van der Waals surface area contributed by atoms with Crippen molar-refractivity contribution in [3.63, 3.8) is 0 Å². The van der Waals surface area contributed by atoms with E-state index in [4.69, 9.17) is 4.74 Å². The molecule has 0 fully saturated rings. The van der Waals surface area contributed by atoms with Crippen molar-refractivity contribution < 1.29 is 9.53 Å². The van der Waals surface area contributed by atoms with Gasteiger partial charge in [0.1, 0.15) is 11.6 Å². The van der Waals surface area contributed by atoms with E-state index in [9.17, 15) is 4.79 Å². The lowest BCUT2D eigenvalue weighted by atomic mass is 10.1. The number of hydrogen-bond acceptors (Lipinski definition) is 3. The van der Waals surface area contributed by atoms with Crippen LogP contribution < -0.4 is 10.1 Å². The molecular weight excluding hydrogens is 382 g/mol. The first kappa shape index (κ1) is 17.2. The number of amides is 1. The molecule has 0 spiro atoms. The molecule has 1 amide bonds. The molecule has 1 aromatic heterocycles. The number of anilines is 1. The first-order valence-corrected chi connectivity index (χ1v) is 8.62. The summed E-state index contributed by atoms with van der Waals surface area (Å²) in [4.78, 5) is 12.3. The van der Waals surface area contributed by atoms with E-state index in [0.717, 1.165) is 21.3 Å². The van der Waals surface area contributed by atoms with Crippen LogP contribution in [0.3, 0.4) is 0 Å². The second-order valence-corrected chi connectivity index (χ2v) is 6.49. The Labute approximate surface area is 154 Å². The van der Waals surface area contributed by atoms with Gasteiger partial charge in [-0.15, -0.1) is 0 Å². The van der Waals surface area contributed by atoms with E-state index in [1.54, 1.807) is 24.1 Å². The van der Waals surface area contributed by atoms with Crippen molar-refractivity contribution in [1.29, 1.82) is 0 Å². The number of ether oxygens (including phenoxy) is 1. The molecule has 0 saturated carbocycles. The van der Waals surface area contributed by atoms with E-state index in [1.165, 1.54) is 0 Å². The molecular formula is C19H18BrN3O2. The van der Waals surface area contributed by atoms with E-state index in [2.05, 4.69) is 26.3 Å². The molecule has 2 aromatic carbocycles. The third-order valence-electron chi connectivity index (χ3n) is 3.75. The van der Waals surface area contributed by atoms with Crippen LogP contribution in [-0.4, -0.2) is 22.8 Å². The van der Waals surface area contributed by atoms with E-state index in [0.29, 0.717) is 18.8 Å². The molecule has 6 heteroatoms. The number of halogens is 1. The molecule has 128 valence electrons. The number of benzene rings is 2. The first-order valence-electron chi connectivity index (χ1n) is 7.83. The molecule has 0 aliphatic carbocycles. The molecule has 5 nitrogen and oxygen atoms in total. The zero-order chi connectivity index (χ0) is 17.6. The van der Waals surface area contributed by atoms with Crippen LogP contribution >= 0.6 is 15.9 Å². The van der Waals surface area contributed by atoms with Crippen LogP contribution in [0.4, 0.5) is 5.82 Å². The van der Waals surface area contributed by atoms with Gasteiger partial charge >= 0.3 is 0 Å². The van der Waals surface area contributed by atoms with E-state index >= 15 is 0 Å². The summed E-state index contributed by atoms with van der Waals surface area (Å²) in [7, 11) is 1.62. The van der Waals surface area contributed by atoms with E-state index < -0.39 is 0 Å². The predicted octanol–water partition coefficient (Wildman–Crippen LogP) is 3.88. The standard InChI is InChI=1S/C19H18BrN3O2/c1-25-17-8-4-14(5-9-17)12-19(24)22-18-10-11-21-23(18)13-15-2-6-16(20)7-3-15/h2-11H,12-13H2,1H3,(H,22,24). The number of carbonyl (C=O) groups is 1. The van der Waals surface area contributed by atoms with Crippen LogP contribution in [0.1, 0.15) is 11.1 Å². The first-order chi connectivity index (χ1) is 12.1.